The highest BCUT2D eigenvalue weighted by atomic mass is 19.4. The zero-order valence-electron chi connectivity index (χ0n) is 10.3. The fraction of sp³-hybridized carbons (Fsp3) is 0.571. The summed E-state index contributed by atoms with van der Waals surface area (Å²) >= 11 is 0. The molecule has 1 aliphatic rings. The van der Waals surface area contributed by atoms with Crippen LogP contribution in [0.25, 0.3) is 0 Å². The Labute approximate surface area is 105 Å². The van der Waals surface area contributed by atoms with Crippen molar-refractivity contribution >= 4 is 0 Å². The summed E-state index contributed by atoms with van der Waals surface area (Å²) in [7, 11) is 0. The number of aryl methyl sites for hydroxylation is 1. The maximum Gasteiger partial charge on any atom is 0.416 e. The van der Waals surface area contributed by atoms with E-state index in [1.807, 2.05) is 0 Å². The Morgan fingerprint density at radius 2 is 1.83 bits per heavy atom. The fourth-order valence-corrected chi connectivity index (χ4v) is 2.68. The molecule has 0 aliphatic heterocycles. The summed E-state index contributed by atoms with van der Waals surface area (Å²) in [6.45, 7) is 1.46. The van der Waals surface area contributed by atoms with Crippen LogP contribution in [0.2, 0.25) is 0 Å². The normalized spacial score (nSPS) is 25.2. The second-order valence-corrected chi connectivity index (χ2v) is 5.03. The molecule has 1 aromatic carbocycles. The Balaban J connectivity index is 2.34. The second-order valence-electron chi connectivity index (χ2n) is 5.03. The Hall–Kier alpha value is -1.03. The Kier molecular flexibility index (Phi) is 3.66. The molecule has 0 aromatic heterocycles. The van der Waals surface area contributed by atoms with E-state index in [0.29, 0.717) is 12.0 Å². The van der Waals surface area contributed by atoms with Gasteiger partial charge in [0.1, 0.15) is 0 Å². The molecule has 1 saturated carbocycles. The zero-order chi connectivity index (χ0) is 13.3. The van der Waals surface area contributed by atoms with Gasteiger partial charge in [-0.15, -0.1) is 0 Å². The molecule has 1 aromatic rings. The zero-order valence-corrected chi connectivity index (χ0v) is 10.3. The van der Waals surface area contributed by atoms with E-state index in [9.17, 15) is 18.3 Å². The highest BCUT2D eigenvalue weighted by Gasteiger charge is 2.34. The van der Waals surface area contributed by atoms with Gasteiger partial charge in [-0.2, -0.15) is 13.2 Å². The third kappa shape index (κ3) is 2.69. The van der Waals surface area contributed by atoms with Gasteiger partial charge in [0.15, 0.2) is 0 Å². The topological polar surface area (TPSA) is 20.2 Å². The van der Waals surface area contributed by atoms with Crippen molar-refractivity contribution in [3.05, 3.63) is 34.9 Å². The van der Waals surface area contributed by atoms with Gasteiger partial charge in [-0.25, -0.2) is 0 Å². The van der Waals surface area contributed by atoms with Crippen LogP contribution in [0, 0.1) is 6.92 Å². The van der Waals surface area contributed by atoms with Crippen LogP contribution in [0.4, 0.5) is 13.2 Å². The summed E-state index contributed by atoms with van der Waals surface area (Å²) in [6.07, 6.45) is -1.46. The minimum atomic E-state index is -4.32. The van der Waals surface area contributed by atoms with Crippen molar-refractivity contribution in [2.24, 2.45) is 0 Å². The van der Waals surface area contributed by atoms with Gasteiger partial charge in [-0.3, -0.25) is 0 Å². The molecule has 0 saturated heterocycles. The summed E-state index contributed by atoms with van der Waals surface area (Å²) in [5.41, 5.74) is 0.259. The molecule has 0 heterocycles. The van der Waals surface area contributed by atoms with Crippen molar-refractivity contribution in [1.29, 1.82) is 0 Å². The van der Waals surface area contributed by atoms with Gasteiger partial charge in [0, 0.05) is 5.92 Å². The van der Waals surface area contributed by atoms with E-state index in [0.717, 1.165) is 19.3 Å². The van der Waals surface area contributed by atoms with Crippen LogP contribution in [0.15, 0.2) is 18.2 Å². The molecule has 100 valence electrons. The summed E-state index contributed by atoms with van der Waals surface area (Å²) in [5, 5.41) is 9.90. The van der Waals surface area contributed by atoms with Crippen molar-refractivity contribution in [3.8, 4) is 0 Å². The third-order valence-corrected chi connectivity index (χ3v) is 3.72. The summed E-state index contributed by atoms with van der Waals surface area (Å²) in [6, 6.07) is 4.41. The first-order valence-corrected chi connectivity index (χ1v) is 6.25. The van der Waals surface area contributed by atoms with Gasteiger partial charge in [-0.1, -0.05) is 25.0 Å². The highest BCUT2D eigenvalue weighted by molar-refractivity contribution is 5.35. The SMILES string of the molecule is Cc1ccc(C2CCCCC2O)cc1C(F)(F)F. The average molecular weight is 258 g/mol. The molecule has 1 aliphatic carbocycles. The Morgan fingerprint density at radius 3 is 2.44 bits per heavy atom. The van der Waals surface area contributed by atoms with Crippen molar-refractivity contribution in [1.82, 2.24) is 0 Å². The number of hydrogen-bond donors (Lipinski definition) is 1. The number of alkyl halides is 3. The standard InChI is InChI=1S/C14H17F3O/c1-9-6-7-10(8-12(9)14(15,16)17)11-4-2-3-5-13(11)18/h6-8,11,13,18H,2-5H2,1H3. The number of halogens is 3. The van der Waals surface area contributed by atoms with E-state index in [1.165, 1.54) is 19.1 Å². The lowest BCUT2D eigenvalue weighted by atomic mass is 9.81. The minimum Gasteiger partial charge on any atom is -0.392 e. The van der Waals surface area contributed by atoms with Crippen molar-refractivity contribution in [2.45, 2.75) is 50.8 Å². The van der Waals surface area contributed by atoms with Crippen molar-refractivity contribution < 1.29 is 18.3 Å². The maximum absolute atomic E-state index is 12.8. The first kappa shape index (κ1) is 13.4. The molecule has 0 radical (unpaired) electrons. The predicted octanol–water partition coefficient (Wildman–Crippen LogP) is 4.03. The molecule has 1 N–H and O–H groups in total. The van der Waals surface area contributed by atoms with E-state index in [4.69, 9.17) is 0 Å². The lowest BCUT2D eigenvalue weighted by molar-refractivity contribution is -0.138. The van der Waals surface area contributed by atoms with Gasteiger partial charge >= 0.3 is 6.18 Å². The van der Waals surface area contributed by atoms with E-state index >= 15 is 0 Å². The monoisotopic (exact) mass is 258 g/mol. The number of aliphatic hydroxyl groups excluding tert-OH is 1. The number of aliphatic hydroxyl groups is 1. The van der Waals surface area contributed by atoms with Gasteiger partial charge < -0.3 is 5.11 Å². The molecule has 0 bridgehead atoms. The van der Waals surface area contributed by atoms with Gasteiger partial charge in [0.05, 0.1) is 11.7 Å². The Bertz CT molecular complexity index is 426. The van der Waals surface area contributed by atoms with Gasteiger partial charge in [-0.05, 0) is 37.0 Å². The van der Waals surface area contributed by atoms with Crippen molar-refractivity contribution in [3.63, 3.8) is 0 Å². The second kappa shape index (κ2) is 4.92. The summed E-state index contributed by atoms with van der Waals surface area (Å²) < 4.78 is 38.5. The molecular weight excluding hydrogens is 241 g/mol. The quantitative estimate of drug-likeness (QED) is 0.806. The molecule has 0 amide bonds. The van der Waals surface area contributed by atoms with E-state index in [2.05, 4.69) is 0 Å². The molecule has 1 nitrogen and oxygen atoms in total. The first-order chi connectivity index (χ1) is 8.39. The number of rotatable bonds is 1. The van der Waals surface area contributed by atoms with E-state index < -0.39 is 17.8 Å². The molecule has 2 atom stereocenters. The minimum absolute atomic E-state index is 0.152. The van der Waals surface area contributed by atoms with E-state index in [-0.39, 0.29) is 11.5 Å². The third-order valence-electron chi connectivity index (χ3n) is 3.72. The lowest BCUT2D eigenvalue weighted by Crippen LogP contribution is -2.23. The van der Waals surface area contributed by atoms with Crippen LogP contribution in [0.1, 0.15) is 48.3 Å². The van der Waals surface area contributed by atoms with E-state index in [1.54, 1.807) is 6.07 Å². The van der Waals surface area contributed by atoms with Crippen LogP contribution in [-0.4, -0.2) is 11.2 Å². The molecule has 2 rings (SSSR count). The van der Waals surface area contributed by atoms with Crippen LogP contribution < -0.4 is 0 Å². The number of benzene rings is 1. The average Bonchev–Trinajstić information content (AvgIpc) is 2.29. The molecule has 2 unspecified atom stereocenters. The summed E-state index contributed by atoms with van der Waals surface area (Å²) in [5.74, 6) is -0.152. The van der Waals surface area contributed by atoms with Crippen LogP contribution in [0.5, 0.6) is 0 Å². The van der Waals surface area contributed by atoms with Crippen LogP contribution >= 0.6 is 0 Å². The van der Waals surface area contributed by atoms with Crippen LogP contribution in [0.3, 0.4) is 0 Å². The predicted molar refractivity (Wildman–Crippen MR) is 63.4 cm³/mol. The molecule has 4 heteroatoms. The summed E-state index contributed by atoms with van der Waals surface area (Å²) in [4.78, 5) is 0. The lowest BCUT2D eigenvalue weighted by Gasteiger charge is -2.28. The van der Waals surface area contributed by atoms with Crippen LogP contribution in [-0.2, 0) is 6.18 Å². The fourth-order valence-electron chi connectivity index (χ4n) is 2.68. The van der Waals surface area contributed by atoms with Gasteiger partial charge in [0.2, 0.25) is 0 Å². The smallest absolute Gasteiger partial charge is 0.392 e. The molecule has 18 heavy (non-hydrogen) atoms. The van der Waals surface area contributed by atoms with Crippen molar-refractivity contribution in [2.75, 3.05) is 0 Å². The largest absolute Gasteiger partial charge is 0.416 e. The maximum atomic E-state index is 12.8. The Morgan fingerprint density at radius 1 is 1.17 bits per heavy atom. The molecule has 0 spiro atoms. The molecule has 1 fully saturated rings. The highest BCUT2D eigenvalue weighted by Crippen LogP contribution is 2.37. The molecular formula is C14H17F3O. The van der Waals surface area contributed by atoms with Gasteiger partial charge in [0.25, 0.3) is 0 Å². The number of hydrogen-bond acceptors (Lipinski definition) is 1. The first-order valence-electron chi connectivity index (χ1n) is 6.25.